The summed E-state index contributed by atoms with van der Waals surface area (Å²) in [6, 6.07) is 10.8. The molecule has 0 amide bonds. The van der Waals surface area contributed by atoms with Crippen LogP contribution in [0.25, 0.3) is 0 Å². The largest absolute Gasteiger partial charge is 0.382 e. The van der Waals surface area contributed by atoms with Gasteiger partial charge in [-0.05, 0) is 37.8 Å². The van der Waals surface area contributed by atoms with Crippen molar-refractivity contribution in [1.29, 1.82) is 0 Å². The van der Waals surface area contributed by atoms with Gasteiger partial charge in [0.25, 0.3) is 0 Å². The van der Waals surface area contributed by atoms with Crippen LogP contribution in [0, 0.1) is 0 Å². The Morgan fingerprint density at radius 2 is 1.94 bits per heavy atom. The molecule has 1 N–H and O–H groups in total. The SMILES string of the molecule is CCNCC(CCCOCC)c1ccccc1. The lowest BCUT2D eigenvalue weighted by Gasteiger charge is -2.17. The average molecular weight is 235 g/mol. The van der Waals surface area contributed by atoms with E-state index in [1.165, 1.54) is 12.0 Å². The van der Waals surface area contributed by atoms with Gasteiger partial charge < -0.3 is 10.1 Å². The van der Waals surface area contributed by atoms with Crippen molar-refractivity contribution >= 4 is 0 Å². The minimum absolute atomic E-state index is 0.608. The number of hydrogen-bond donors (Lipinski definition) is 1. The van der Waals surface area contributed by atoms with E-state index in [4.69, 9.17) is 4.74 Å². The van der Waals surface area contributed by atoms with Crippen LogP contribution in [-0.4, -0.2) is 26.3 Å². The molecule has 96 valence electrons. The molecule has 17 heavy (non-hydrogen) atoms. The quantitative estimate of drug-likeness (QED) is 0.664. The third kappa shape index (κ3) is 5.85. The topological polar surface area (TPSA) is 21.3 Å². The molecular formula is C15H25NO. The maximum Gasteiger partial charge on any atom is 0.0466 e. The van der Waals surface area contributed by atoms with Gasteiger partial charge in [-0.15, -0.1) is 0 Å². The highest BCUT2D eigenvalue weighted by molar-refractivity contribution is 5.19. The summed E-state index contributed by atoms with van der Waals surface area (Å²) >= 11 is 0. The lowest BCUT2D eigenvalue weighted by molar-refractivity contribution is 0.141. The molecule has 0 heterocycles. The molecule has 0 radical (unpaired) electrons. The number of nitrogens with one attached hydrogen (secondary N) is 1. The highest BCUT2D eigenvalue weighted by atomic mass is 16.5. The van der Waals surface area contributed by atoms with Crippen molar-refractivity contribution in [2.45, 2.75) is 32.6 Å². The predicted octanol–water partition coefficient (Wildman–Crippen LogP) is 3.20. The monoisotopic (exact) mass is 235 g/mol. The van der Waals surface area contributed by atoms with E-state index in [0.717, 1.165) is 32.7 Å². The Kier molecular flexibility index (Phi) is 7.69. The molecule has 0 bridgehead atoms. The molecule has 0 fully saturated rings. The molecule has 1 atom stereocenters. The molecule has 2 heteroatoms. The maximum atomic E-state index is 5.40. The lowest BCUT2D eigenvalue weighted by Crippen LogP contribution is -2.21. The first-order valence-corrected chi connectivity index (χ1v) is 6.71. The van der Waals surface area contributed by atoms with Crippen molar-refractivity contribution in [2.75, 3.05) is 26.3 Å². The van der Waals surface area contributed by atoms with E-state index in [1.54, 1.807) is 0 Å². The van der Waals surface area contributed by atoms with E-state index in [-0.39, 0.29) is 0 Å². The van der Waals surface area contributed by atoms with Gasteiger partial charge in [-0.1, -0.05) is 37.3 Å². The van der Waals surface area contributed by atoms with Gasteiger partial charge in [0.15, 0.2) is 0 Å². The van der Waals surface area contributed by atoms with Gasteiger partial charge in [0, 0.05) is 19.8 Å². The average Bonchev–Trinajstić information content (AvgIpc) is 2.39. The second-order valence-corrected chi connectivity index (χ2v) is 4.25. The minimum atomic E-state index is 0.608. The van der Waals surface area contributed by atoms with Crippen molar-refractivity contribution in [3.63, 3.8) is 0 Å². The van der Waals surface area contributed by atoms with E-state index in [0.29, 0.717) is 5.92 Å². The summed E-state index contributed by atoms with van der Waals surface area (Å²) in [5.74, 6) is 0.608. The van der Waals surface area contributed by atoms with Crippen LogP contribution >= 0.6 is 0 Å². The van der Waals surface area contributed by atoms with Crippen LogP contribution in [0.5, 0.6) is 0 Å². The maximum absolute atomic E-state index is 5.40. The summed E-state index contributed by atoms with van der Waals surface area (Å²) in [6.45, 7) is 8.01. The van der Waals surface area contributed by atoms with Crippen LogP contribution in [0.1, 0.15) is 38.2 Å². The Balaban J connectivity index is 2.43. The van der Waals surface area contributed by atoms with Gasteiger partial charge in [0.2, 0.25) is 0 Å². The van der Waals surface area contributed by atoms with Crippen molar-refractivity contribution in [3.8, 4) is 0 Å². The molecule has 0 aliphatic heterocycles. The second kappa shape index (κ2) is 9.20. The molecule has 1 aromatic rings. The Hall–Kier alpha value is -0.860. The first-order valence-electron chi connectivity index (χ1n) is 6.71. The highest BCUT2D eigenvalue weighted by Crippen LogP contribution is 2.20. The number of rotatable bonds is 9. The third-order valence-corrected chi connectivity index (χ3v) is 2.96. The summed E-state index contributed by atoms with van der Waals surface area (Å²) in [5, 5.41) is 3.45. The van der Waals surface area contributed by atoms with Crippen molar-refractivity contribution in [2.24, 2.45) is 0 Å². The summed E-state index contributed by atoms with van der Waals surface area (Å²) in [5.41, 5.74) is 1.44. The van der Waals surface area contributed by atoms with Gasteiger partial charge in [0.05, 0.1) is 0 Å². The Morgan fingerprint density at radius 1 is 1.18 bits per heavy atom. The fourth-order valence-electron chi connectivity index (χ4n) is 2.01. The number of likely N-dealkylation sites (N-methyl/N-ethyl adjacent to an activating group) is 1. The van der Waals surface area contributed by atoms with Gasteiger partial charge >= 0.3 is 0 Å². The van der Waals surface area contributed by atoms with Crippen LogP contribution in [0.15, 0.2) is 30.3 Å². The minimum Gasteiger partial charge on any atom is -0.382 e. The third-order valence-electron chi connectivity index (χ3n) is 2.96. The molecule has 0 aliphatic carbocycles. The van der Waals surface area contributed by atoms with Crippen molar-refractivity contribution in [3.05, 3.63) is 35.9 Å². The molecule has 0 aromatic heterocycles. The van der Waals surface area contributed by atoms with Gasteiger partial charge in [-0.3, -0.25) is 0 Å². The van der Waals surface area contributed by atoms with Crippen LogP contribution in [-0.2, 0) is 4.74 Å². The normalized spacial score (nSPS) is 12.6. The van der Waals surface area contributed by atoms with Gasteiger partial charge in [0.1, 0.15) is 0 Å². The Labute approximate surface area is 105 Å². The summed E-state index contributed by atoms with van der Waals surface area (Å²) in [7, 11) is 0. The molecule has 0 saturated carbocycles. The highest BCUT2D eigenvalue weighted by Gasteiger charge is 2.10. The molecule has 1 aromatic carbocycles. The first kappa shape index (κ1) is 14.2. The standard InChI is InChI=1S/C15H25NO/c1-3-16-13-15(11-8-12-17-4-2)14-9-6-5-7-10-14/h5-7,9-10,15-16H,3-4,8,11-13H2,1-2H3. The zero-order valence-corrected chi connectivity index (χ0v) is 11.1. The molecule has 0 aliphatic rings. The predicted molar refractivity (Wildman–Crippen MR) is 73.5 cm³/mol. The van der Waals surface area contributed by atoms with Crippen LogP contribution < -0.4 is 5.32 Å². The summed E-state index contributed by atoms with van der Waals surface area (Å²) in [6.07, 6.45) is 2.33. The Morgan fingerprint density at radius 3 is 2.59 bits per heavy atom. The molecule has 0 spiro atoms. The number of hydrogen-bond acceptors (Lipinski definition) is 2. The Bertz CT molecular complexity index is 274. The van der Waals surface area contributed by atoms with Gasteiger partial charge in [-0.25, -0.2) is 0 Å². The van der Waals surface area contributed by atoms with Crippen LogP contribution in [0.4, 0.5) is 0 Å². The molecule has 1 rings (SSSR count). The first-order chi connectivity index (χ1) is 8.38. The molecule has 2 nitrogen and oxygen atoms in total. The number of benzene rings is 1. The fourth-order valence-corrected chi connectivity index (χ4v) is 2.01. The molecular weight excluding hydrogens is 210 g/mol. The summed E-state index contributed by atoms with van der Waals surface area (Å²) in [4.78, 5) is 0. The van der Waals surface area contributed by atoms with E-state index in [9.17, 15) is 0 Å². The zero-order chi connectivity index (χ0) is 12.3. The zero-order valence-electron chi connectivity index (χ0n) is 11.1. The van der Waals surface area contributed by atoms with Crippen LogP contribution in [0.3, 0.4) is 0 Å². The smallest absolute Gasteiger partial charge is 0.0466 e. The lowest BCUT2D eigenvalue weighted by atomic mass is 9.94. The van der Waals surface area contributed by atoms with Gasteiger partial charge in [-0.2, -0.15) is 0 Å². The van der Waals surface area contributed by atoms with E-state index < -0.39 is 0 Å². The van der Waals surface area contributed by atoms with Crippen LogP contribution in [0.2, 0.25) is 0 Å². The van der Waals surface area contributed by atoms with E-state index in [2.05, 4.69) is 42.6 Å². The summed E-state index contributed by atoms with van der Waals surface area (Å²) < 4.78 is 5.40. The number of ether oxygens (including phenoxy) is 1. The fraction of sp³-hybridized carbons (Fsp3) is 0.600. The second-order valence-electron chi connectivity index (χ2n) is 4.25. The molecule has 1 unspecified atom stereocenters. The van der Waals surface area contributed by atoms with Crippen molar-refractivity contribution < 1.29 is 4.74 Å². The molecule has 0 saturated heterocycles. The van der Waals surface area contributed by atoms with E-state index in [1.807, 2.05) is 6.92 Å². The van der Waals surface area contributed by atoms with Crippen molar-refractivity contribution in [1.82, 2.24) is 5.32 Å². The van der Waals surface area contributed by atoms with E-state index >= 15 is 0 Å².